The zero-order valence-corrected chi connectivity index (χ0v) is 15.4. The van der Waals surface area contributed by atoms with Crippen LogP contribution in [-0.2, 0) is 6.61 Å². The Morgan fingerprint density at radius 3 is 2.76 bits per heavy atom. The number of benzene rings is 2. The van der Waals surface area contributed by atoms with Gasteiger partial charge in [0.15, 0.2) is 5.65 Å². The maximum absolute atomic E-state index is 13.8. The molecule has 4 rings (SSSR count). The number of fused-ring (bicyclic) bond motifs is 1. The van der Waals surface area contributed by atoms with E-state index in [1.54, 1.807) is 43.3 Å². The van der Waals surface area contributed by atoms with Crippen molar-refractivity contribution in [1.29, 1.82) is 0 Å². The number of para-hydroxylation sites is 2. The summed E-state index contributed by atoms with van der Waals surface area (Å²) < 4.78 is 25.9. The average molecular weight is 393 g/mol. The van der Waals surface area contributed by atoms with Gasteiger partial charge in [0.05, 0.1) is 16.9 Å². The fourth-order valence-electron chi connectivity index (χ4n) is 2.83. The summed E-state index contributed by atoms with van der Waals surface area (Å²) in [5, 5.41) is 2.64. The zero-order chi connectivity index (χ0) is 20.4. The number of carbonyl (C=O) groups is 1. The molecule has 2 heterocycles. The van der Waals surface area contributed by atoms with Gasteiger partial charge in [-0.1, -0.05) is 24.3 Å². The molecule has 4 aromatic rings. The molecule has 7 nitrogen and oxygen atoms in total. The molecule has 0 unspecified atom stereocenters. The molecule has 2 aromatic heterocycles. The lowest BCUT2D eigenvalue weighted by Gasteiger charge is -2.12. The summed E-state index contributed by atoms with van der Waals surface area (Å²) in [7, 11) is 0. The number of anilines is 1. The minimum Gasteiger partial charge on any atom is -0.485 e. The summed E-state index contributed by atoms with van der Waals surface area (Å²) in [5.41, 5.74) is 0.735. The van der Waals surface area contributed by atoms with Crippen LogP contribution in [0.1, 0.15) is 21.8 Å². The van der Waals surface area contributed by atoms with Crippen molar-refractivity contribution in [3.05, 3.63) is 93.9 Å². The number of hydrogen-bond acceptors (Lipinski definition) is 5. The van der Waals surface area contributed by atoms with Crippen molar-refractivity contribution < 1.29 is 18.4 Å². The molecule has 0 saturated carbocycles. The maximum Gasteiger partial charge on any atom is 0.287 e. The van der Waals surface area contributed by atoms with Gasteiger partial charge >= 0.3 is 0 Å². The van der Waals surface area contributed by atoms with Crippen molar-refractivity contribution in [3.63, 3.8) is 0 Å². The highest BCUT2D eigenvalue weighted by Gasteiger charge is 2.14. The molecule has 146 valence electrons. The summed E-state index contributed by atoms with van der Waals surface area (Å²) in [6.07, 6.45) is 0. The first-order valence-corrected chi connectivity index (χ1v) is 8.78. The van der Waals surface area contributed by atoms with Crippen molar-refractivity contribution in [2.75, 3.05) is 5.32 Å². The van der Waals surface area contributed by atoms with Crippen LogP contribution in [0.2, 0.25) is 0 Å². The number of nitrogens with zero attached hydrogens (tertiary/aromatic N) is 2. The Balaban J connectivity index is 1.54. The fraction of sp³-hybridized carbons (Fsp3) is 0.0952. The van der Waals surface area contributed by atoms with Gasteiger partial charge in [0, 0.05) is 12.1 Å². The van der Waals surface area contributed by atoms with Gasteiger partial charge in [-0.15, -0.1) is 4.57 Å². The molecular weight excluding hydrogens is 377 g/mol. The largest absolute Gasteiger partial charge is 0.485 e. The number of rotatable bonds is 5. The van der Waals surface area contributed by atoms with Gasteiger partial charge in [0.2, 0.25) is 0 Å². The number of carbonyl (C=O) groups excluding carboxylic acids is 1. The van der Waals surface area contributed by atoms with E-state index in [0.717, 1.165) is 4.57 Å². The monoisotopic (exact) mass is 393 g/mol. The van der Waals surface area contributed by atoms with E-state index < -0.39 is 11.7 Å². The minimum atomic E-state index is -0.614. The lowest BCUT2D eigenvalue weighted by molar-refractivity contribution is 0.102. The van der Waals surface area contributed by atoms with E-state index >= 15 is 0 Å². The van der Waals surface area contributed by atoms with Crippen LogP contribution in [0.15, 0.2) is 70.0 Å². The first kappa shape index (κ1) is 18.4. The summed E-state index contributed by atoms with van der Waals surface area (Å²) in [6.45, 7) is 1.72. The topological polar surface area (TPSA) is 85.8 Å². The van der Waals surface area contributed by atoms with E-state index in [0.29, 0.717) is 28.5 Å². The highest BCUT2D eigenvalue weighted by atomic mass is 19.1. The van der Waals surface area contributed by atoms with Gasteiger partial charge in [-0.25, -0.2) is 9.37 Å². The fourth-order valence-corrected chi connectivity index (χ4v) is 2.83. The normalized spacial score (nSPS) is 10.8. The molecule has 0 aliphatic rings. The third kappa shape index (κ3) is 3.86. The number of nitrogens with one attached hydrogen (secondary N) is 1. The smallest absolute Gasteiger partial charge is 0.287 e. The Labute approximate surface area is 164 Å². The van der Waals surface area contributed by atoms with Crippen LogP contribution in [0.5, 0.6) is 5.75 Å². The van der Waals surface area contributed by atoms with Crippen molar-refractivity contribution in [1.82, 2.24) is 9.56 Å². The second-order valence-electron chi connectivity index (χ2n) is 6.30. The highest BCUT2D eigenvalue weighted by molar-refractivity contribution is 6.05. The Bertz CT molecular complexity index is 1260. The predicted octanol–water partition coefficient (Wildman–Crippen LogP) is 3.57. The molecule has 0 atom stereocenters. The quantitative estimate of drug-likeness (QED) is 0.560. The molecule has 0 radical (unpaired) electrons. The van der Waals surface area contributed by atoms with Gasteiger partial charge < -0.3 is 14.6 Å². The van der Waals surface area contributed by atoms with Crippen LogP contribution in [0.3, 0.4) is 0 Å². The van der Waals surface area contributed by atoms with Crippen LogP contribution in [0.4, 0.5) is 10.1 Å². The average Bonchev–Trinajstić information content (AvgIpc) is 3.08. The summed E-state index contributed by atoms with van der Waals surface area (Å²) in [6, 6.07) is 15.4. The zero-order valence-electron chi connectivity index (χ0n) is 15.4. The van der Waals surface area contributed by atoms with Crippen LogP contribution >= 0.6 is 0 Å². The lowest BCUT2D eigenvalue weighted by Crippen LogP contribution is -2.16. The Morgan fingerprint density at radius 2 is 1.93 bits per heavy atom. The van der Waals surface area contributed by atoms with Gasteiger partial charge in [-0.05, 0) is 31.2 Å². The first-order valence-electron chi connectivity index (χ1n) is 8.78. The molecule has 0 bridgehead atoms. The van der Waals surface area contributed by atoms with E-state index in [1.165, 1.54) is 24.3 Å². The summed E-state index contributed by atoms with van der Waals surface area (Å²) in [5.74, 6) is -0.279. The number of ether oxygens (including phenoxy) is 1. The van der Waals surface area contributed by atoms with E-state index in [-0.39, 0.29) is 17.7 Å². The van der Waals surface area contributed by atoms with Crippen LogP contribution in [-0.4, -0.2) is 15.5 Å². The molecule has 0 aliphatic heterocycles. The van der Waals surface area contributed by atoms with Gasteiger partial charge in [0.1, 0.15) is 23.9 Å². The molecule has 0 fully saturated rings. The molecule has 0 aliphatic carbocycles. The summed E-state index contributed by atoms with van der Waals surface area (Å²) >= 11 is 0. The molecule has 1 N–H and O–H groups in total. The Morgan fingerprint density at radius 1 is 1.17 bits per heavy atom. The first-order chi connectivity index (χ1) is 14.0. The number of amides is 1. The van der Waals surface area contributed by atoms with Crippen LogP contribution in [0.25, 0.3) is 5.65 Å². The molecule has 8 heteroatoms. The summed E-state index contributed by atoms with van der Waals surface area (Å²) in [4.78, 5) is 28.8. The lowest BCUT2D eigenvalue weighted by atomic mass is 10.2. The van der Waals surface area contributed by atoms with E-state index in [9.17, 15) is 14.0 Å². The Hall–Kier alpha value is -3.94. The SMILES string of the molecule is Cc1cc2nc(COc3ccccc3NC(=O)c3ccccc3F)cc(=O)n2o1. The molecule has 1 amide bonds. The predicted molar refractivity (Wildman–Crippen MR) is 104 cm³/mol. The van der Waals surface area contributed by atoms with E-state index in [1.807, 2.05) is 0 Å². The molecular formula is C21H16FN3O4. The molecule has 2 aromatic carbocycles. The van der Waals surface area contributed by atoms with E-state index in [4.69, 9.17) is 9.26 Å². The number of aryl methyl sites for hydroxylation is 1. The van der Waals surface area contributed by atoms with Crippen molar-refractivity contribution in [2.45, 2.75) is 13.5 Å². The highest BCUT2D eigenvalue weighted by Crippen LogP contribution is 2.25. The van der Waals surface area contributed by atoms with Crippen molar-refractivity contribution in [3.8, 4) is 5.75 Å². The van der Waals surface area contributed by atoms with Crippen molar-refractivity contribution in [2.24, 2.45) is 0 Å². The molecule has 29 heavy (non-hydrogen) atoms. The minimum absolute atomic E-state index is 0.00253. The third-order valence-electron chi connectivity index (χ3n) is 4.15. The van der Waals surface area contributed by atoms with E-state index in [2.05, 4.69) is 10.3 Å². The standard InChI is InChI=1S/C21H16FN3O4/c1-13-10-19-23-14(11-20(26)25(19)29-13)12-28-18-9-5-4-8-17(18)24-21(27)15-6-2-3-7-16(15)22/h2-11H,12H2,1H3,(H,24,27). The number of halogens is 1. The third-order valence-corrected chi connectivity index (χ3v) is 4.15. The number of aromatic nitrogens is 2. The molecule has 0 saturated heterocycles. The Kier molecular flexibility index (Phi) is 4.82. The van der Waals surface area contributed by atoms with Gasteiger partial charge in [-0.3, -0.25) is 9.59 Å². The van der Waals surface area contributed by atoms with Gasteiger partial charge in [0.25, 0.3) is 11.5 Å². The van der Waals surface area contributed by atoms with Crippen molar-refractivity contribution >= 4 is 17.2 Å². The number of hydrogen-bond donors (Lipinski definition) is 1. The maximum atomic E-state index is 13.8. The molecule has 0 spiro atoms. The van der Waals surface area contributed by atoms with Gasteiger partial charge in [-0.2, -0.15) is 0 Å². The second-order valence-corrected chi connectivity index (χ2v) is 6.30. The van der Waals surface area contributed by atoms with Crippen LogP contribution in [0, 0.1) is 12.7 Å². The second kappa shape index (κ2) is 7.59. The van der Waals surface area contributed by atoms with Crippen LogP contribution < -0.4 is 15.6 Å².